The summed E-state index contributed by atoms with van der Waals surface area (Å²) in [6.07, 6.45) is 2.08. The third-order valence-electron chi connectivity index (χ3n) is 5.11. The SMILES string of the molecule is CC(C)CC(=O)N(CCCN1CCOCC1)CCc1nc(-c2ccc(Br)cc2)no1. The van der Waals surface area contributed by atoms with Crippen molar-refractivity contribution < 1.29 is 14.1 Å². The zero-order valence-electron chi connectivity index (χ0n) is 17.8. The van der Waals surface area contributed by atoms with E-state index in [4.69, 9.17) is 9.26 Å². The topological polar surface area (TPSA) is 71.7 Å². The molecule has 1 amide bonds. The van der Waals surface area contributed by atoms with Gasteiger partial charge in [-0.05, 0) is 36.6 Å². The van der Waals surface area contributed by atoms with Crippen LogP contribution in [0.3, 0.4) is 0 Å². The van der Waals surface area contributed by atoms with E-state index in [1.165, 1.54) is 0 Å². The fourth-order valence-corrected chi connectivity index (χ4v) is 3.72. The molecule has 164 valence electrons. The van der Waals surface area contributed by atoms with Gasteiger partial charge >= 0.3 is 0 Å². The molecule has 0 spiro atoms. The van der Waals surface area contributed by atoms with Gasteiger partial charge in [-0.1, -0.05) is 34.9 Å². The van der Waals surface area contributed by atoms with Crippen LogP contribution in [-0.4, -0.2) is 71.8 Å². The molecule has 0 unspecified atom stereocenters. The van der Waals surface area contributed by atoms with Crippen molar-refractivity contribution >= 4 is 21.8 Å². The minimum atomic E-state index is 0.194. The molecule has 1 aromatic heterocycles. The van der Waals surface area contributed by atoms with Crippen molar-refractivity contribution in [1.82, 2.24) is 19.9 Å². The van der Waals surface area contributed by atoms with Crippen molar-refractivity contribution in [2.75, 3.05) is 45.9 Å². The number of halogens is 1. The van der Waals surface area contributed by atoms with E-state index < -0.39 is 0 Å². The first-order valence-electron chi connectivity index (χ1n) is 10.7. The third kappa shape index (κ3) is 7.18. The number of benzene rings is 1. The molecule has 1 saturated heterocycles. The van der Waals surface area contributed by atoms with Crippen LogP contribution in [0.15, 0.2) is 33.3 Å². The number of rotatable bonds is 10. The second-order valence-corrected chi connectivity index (χ2v) is 8.97. The Kier molecular flexibility index (Phi) is 8.84. The van der Waals surface area contributed by atoms with Crippen LogP contribution in [0.2, 0.25) is 0 Å². The highest BCUT2D eigenvalue weighted by atomic mass is 79.9. The van der Waals surface area contributed by atoms with Gasteiger partial charge in [0.15, 0.2) is 0 Å². The maximum absolute atomic E-state index is 12.7. The zero-order valence-corrected chi connectivity index (χ0v) is 19.4. The van der Waals surface area contributed by atoms with Crippen molar-refractivity contribution in [3.8, 4) is 11.4 Å². The maximum Gasteiger partial charge on any atom is 0.228 e. The highest BCUT2D eigenvalue weighted by molar-refractivity contribution is 9.10. The molecule has 0 bridgehead atoms. The Morgan fingerprint density at radius 2 is 1.93 bits per heavy atom. The van der Waals surface area contributed by atoms with Crippen molar-refractivity contribution in [2.45, 2.75) is 33.1 Å². The van der Waals surface area contributed by atoms with E-state index in [2.05, 4.69) is 44.8 Å². The van der Waals surface area contributed by atoms with Gasteiger partial charge in [0.25, 0.3) is 0 Å². The van der Waals surface area contributed by atoms with Crippen LogP contribution in [-0.2, 0) is 16.0 Å². The molecule has 0 saturated carbocycles. The predicted octanol–water partition coefficient (Wildman–Crippen LogP) is 3.64. The Morgan fingerprint density at radius 1 is 1.20 bits per heavy atom. The summed E-state index contributed by atoms with van der Waals surface area (Å²) in [4.78, 5) is 21.6. The lowest BCUT2D eigenvalue weighted by Crippen LogP contribution is -2.39. The van der Waals surface area contributed by atoms with E-state index in [1.54, 1.807) is 0 Å². The molecular weight excluding hydrogens is 448 g/mol. The van der Waals surface area contributed by atoms with Gasteiger partial charge in [-0.25, -0.2) is 0 Å². The summed E-state index contributed by atoms with van der Waals surface area (Å²) in [5.41, 5.74) is 0.909. The Labute approximate surface area is 186 Å². The molecule has 3 rings (SSSR count). The average Bonchev–Trinajstić information content (AvgIpc) is 3.20. The number of hydrogen-bond donors (Lipinski definition) is 0. The zero-order chi connectivity index (χ0) is 21.3. The number of aromatic nitrogens is 2. The third-order valence-corrected chi connectivity index (χ3v) is 5.64. The molecule has 0 N–H and O–H groups in total. The number of morpholine rings is 1. The van der Waals surface area contributed by atoms with Crippen LogP contribution >= 0.6 is 15.9 Å². The maximum atomic E-state index is 12.7. The number of amides is 1. The highest BCUT2D eigenvalue weighted by Crippen LogP contribution is 2.19. The molecule has 2 heterocycles. The fourth-order valence-electron chi connectivity index (χ4n) is 3.45. The first kappa shape index (κ1) is 22.9. The van der Waals surface area contributed by atoms with E-state index >= 15 is 0 Å². The standard InChI is InChI=1S/C22H31BrN4O3/c1-17(2)16-21(28)27(10-3-9-26-12-14-29-15-13-26)11-8-20-24-22(25-30-20)18-4-6-19(23)7-5-18/h4-7,17H,3,8-16H2,1-2H3. The monoisotopic (exact) mass is 478 g/mol. The number of ether oxygens (including phenoxy) is 1. The lowest BCUT2D eigenvalue weighted by Gasteiger charge is -2.28. The van der Waals surface area contributed by atoms with E-state index in [-0.39, 0.29) is 5.91 Å². The molecule has 1 aliphatic heterocycles. The summed E-state index contributed by atoms with van der Waals surface area (Å²) in [5, 5.41) is 4.09. The molecule has 2 aromatic rings. The van der Waals surface area contributed by atoms with Crippen molar-refractivity contribution in [3.63, 3.8) is 0 Å². The summed E-state index contributed by atoms with van der Waals surface area (Å²) in [5.74, 6) is 1.67. The quantitative estimate of drug-likeness (QED) is 0.518. The van der Waals surface area contributed by atoms with Crippen LogP contribution in [0.4, 0.5) is 0 Å². The van der Waals surface area contributed by atoms with Crippen LogP contribution in [0, 0.1) is 5.92 Å². The van der Waals surface area contributed by atoms with E-state index in [9.17, 15) is 4.79 Å². The van der Waals surface area contributed by atoms with Gasteiger partial charge in [-0.3, -0.25) is 9.69 Å². The number of carbonyl (C=O) groups excluding carboxylic acids is 1. The Balaban J connectivity index is 1.54. The molecule has 1 aromatic carbocycles. The molecule has 1 aliphatic rings. The normalized spacial score (nSPS) is 14.9. The Morgan fingerprint density at radius 3 is 2.63 bits per heavy atom. The van der Waals surface area contributed by atoms with Gasteiger partial charge in [-0.2, -0.15) is 4.98 Å². The molecule has 1 fully saturated rings. The van der Waals surface area contributed by atoms with Crippen LogP contribution in [0.25, 0.3) is 11.4 Å². The summed E-state index contributed by atoms with van der Waals surface area (Å²) < 4.78 is 11.8. The van der Waals surface area contributed by atoms with Gasteiger partial charge < -0.3 is 14.2 Å². The number of carbonyl (C=O) groups is 1. The van der Waals surface area contributed by atoms with Crippen LogP contribution in [0.5, 0.6) is 0 Å². The Bertz CT molecular complexity index is 788. The highest BCUT2D eigenvalue weighted by Gasteiger charge is 2.18. The van der Waals surface area contributed by atoms with Gasteiger partial charge in [-0.15, -0.1) is 0 Å². The molecule has 0 radical (unpaired) electrons. The van der Waals surface area contributed by atoms with E-state index in [1.807, 2.05) is 29.2 Å². The molecular formula is C22H31BrN4O3. The van der Waals surface area contributed by atoms with E-state index in [0.29, 0.717) is 37.0 Å². The van der Waals surface area contributed by atoms with E-state index in [0.717, 1.165) is 55.8 Å². The average molecular weight is 479 g/mol. The lowest BCUT2D eigenvalue weighted by molar-refractivity contribution is -0.132. The predicted molar refractivity (Wildman–Crippen MR) is 119 cm³/mol. The molecule has 8 heteroatoms. The van der Waals surface area contributed by atoms with Crippen LogP contribution < -0.4 is 0 Å². The largest absolute Gasteiger partial charge is 0.379 e. The number of nitrogens with zero attached hydrogens (tertiary/aromatic N) is 4. The minimum Gasteiger partial charge on any atom is -0.379 e. The second-order valence-electron chi connectivity index (χ2n) is 8.05. The summed E-state index contributed by atoms with van der Waals surface area (Å²) in [6.45, 7) is 10.0. The smallest absolute Gasteiger partial charge is 0.228 e. The van der Waals surface area contributed by atoms with Gasteiger partial charge in [0, 0.05) is 55.6 Å². The summed E-state index contributed by atoms with van der Waals surface area (Å²) in [7, 11) is 0. The summed E-state index contributed by atoms with van der Waals surface area (Å²) in [6, 6.07) is 7.80. The van der Waals surface area contributed by atoms with Crippen molar-refractivity contribution in [1.29, 1.82) is 0 Å². The first-order chi connectivity index (χ1) is 14.5. The Hall–Kier alpha value is -1.77. The molecule has 0 aliphatic carbocycles. The summed E-state index contributed by atoms with van der Waals surface area (Å²) >= 11 is 3.43. The lowest BCUT2D eigenvalue weighted by atomic mass is 10.1. The number of hydrogen-bond acceptors (Lipinski definition) is 6. The molecule has 30 heavy (non-hydrogen) atoms. The van der Waals surface area contributed by atoms with Gasteiger partial charge in [0.1, 0.15) is 0 Å². The van der Waals surface area contributed by atoms with Crippen LogP contribution in [0.1, 0.15) is 32.6 Å². The minimum absolute atomic E-state index is 0.194. The molecule has 0 atom stereocenters. The van der Waals surface area contributed by atoms with Crippen molar-refractivity contribution in [2.24, 2.45) is 5.92 Å². The van der Waals surface area contributed by atoms with Crippen molar-refractivity contribution in [3.05, 3.63) is 34.6 Å². The van der Waals surface area contributed by atoms with Gasteiger partial charge in [0.05, 0.1) is 13.2 Å². The fraction of sp³-hybridized carbons (Fsp3) is 0.591. The first-order valence-corrected chi connectivity index (χ1v) is 11.5. The molecule has 7 nitrogen and oxygen atoms in total. The van der Waals surface area contributed by atoms with Gasteiger partial charge in [0.2, 0.25) is 17.6 Å². The second kappa shape index (κ2) is 11.6.